The van der Waals surface area contributed by atoms with Crippen molar-refractivity contribution in [1.82, 2.24) is 14.5 Å². The number of benzene rings is 1. The quantitative estimate of drug-likeness (QED) is 0.432. The Kier molecular flexibility index (Phi) is 8.01. The molecule has 1 aliphatic heterocycles. The van der Waals surface area contributed by atoms with E-state index in [2.05, 4.69) is 65.2 Å². The number of ether oxygens (including phenoxy) is 1. The van der Waals surface area contributed by atoms with Gasteiger partial charge in [0.05, 0.1) is 17.6 Å². The Morgan fingerprint density at radius 3 is 2.79 bits per heavy atom. The second kappa shape index (κ2) is 11.0. The zero-order valence-electron chi connectivity index (χ0n) is 20.8. The predicted molar refractivity (Wildman–Crippen MR) is 141 cm³/mol. The molecule has 8 heteroatoms. The van der Waals surface area contributed by atoms with Gasteiger partial charge in [-0.3, -0.25) is 0 Å². The predicted octanol–water partition coefficient (Wildman–Crippen LogP) is 5.09. The number of anilines is 2. The third-order valence-electron chi connectivity index (χ3n) is 6.18. The lowest BCUT2D eigenvalue weighted by Crippen LogP contribution is -2.22. The van der Waals surface area contributed by atoms with Crippen LogP contribution in [0, 0.1) is 5.92 Å². The van der Waals surface area contributed by atoms with Crippen molar-refractivity contribution in [3.8, 4) is 0 Å². The second-order valence-electron chi connectivity index (χ2n) is 10.00. The fraction of sp³-hybridized carbons (Fsp3) is 0.538. The van der Waals surface area contributed by atoms with E-state index in [1.165, 1.54) is 11.9 Å². The van der Waals surface area contributed by atoms with E-state index in [0.29, 0.717) is 12.5 Å². The topological polar surface area (TPSA) is 75.4 Å². The zero-order chi connectivity index (χ0) is 24.1. The fourth-order valence-electron chi connectivity index (χ4n) is 4.42. The lowest BCUT2D eigenvalue weighted by molar-refractivity contribution is 0.140. The first-order valence-electron chi connectivity index (χ1n) is 12.2. The number of hydrogen-bond donors (Lipinski definition) is 2. The van der Waals surface area contributed by atoms with Crippen LogP contribution in [0.5, 0.6) is 0 Å². The second-order valence-corrected chi connectivity index (χ2v) is 11.2. The molecule has 3 aromatic rings. The Balaban J connectivity index is 1.55. The van der Waals surface area contributed by atoms with E-state index in [1.54, 1.807) is 11.9 Å². The van der Waals surface area contributed by atoms with Crippen molar-refractivity contribution in [2.75, 3.05) is 43.0 Å². The lowest BCUT2D eigenvalue weighted by atomic mass is 9.94. The van der Waals surface area contributed by atoms with Gasteiger partial charge < -0.3 is 24.0 Å². The van der Waals surface area contributed by atoms with E-state index in [4.69, 9.17) is 14.8 Å². The highest BCUT2D eigenvalue weighted by Gasteiger charge is 2.25. The molecule has 0 spiro atoms. The lowest BCUT2D eigenvalue weighted by Gasteiger charge is -2.23. The Bertz CT molecular complexity index is 1070. The number of fused-ring (bicyclic) bond motifs is 1. The maximum absolute atomic E-state index is 8.95. The van der Waals surface area contributed by atoms with E-state index >= 15 is 0 Å². The van der Waals surface area contributed by atoms with Gasteiger partial charge in [-0.25, -0.2) is 9.97 Å². The molecule has 1 aromatic carbocycles. The minimum atomic E-state index is -0.0292. The molecule has 2 aromatic heterocycles. The van der Waals surface area contributed by atoms with Crippen molar-refractivity contribution in [3.05, 3.63) is 42.4 Å². The molecular formula is C26H37N5O2S. The Hall–Kier alpha value is -2.29. The molecule has 7 nitrogen and oxygen atoms in total. The van der Waals surface area contributed by atoms with Crippen molar-refractivity contribution in [2.45, 2.75) is 56.9 Å². The summed E-state index contributed by atoms with van der Waals surface area (Å²) in [5.41, 5.74) is 3.33. The van der Waals surface area contributed by atoms with Crippen LogP contribution in [0.15, 0.2) is 41.4 Å². The monoisotopic (exact) mass is 483 g/mol. The van der Waals surface area contributed by atoms with E-state index in [0.717, 1.165) is 60.3 Å². The standard InChI is InChI=1S/C26H37N5O2S/c1-26(2,3)25-29-22-16-20(30(4)34-21-8-10-24(28-17-21)27-12-13-32)7-9-23(22)31(25)18-19-6-5-14-33-15-11-19/h7-10,16-17,19,32H,5-6,11-15,18H2,1-4H3,(H,27,28). The van der Waals surface area contributed by atoms with Gasteiger partial charge in [0.15, 0.2) is 0 Å². The number of aliphatic hydroxyl groups excluding tert-OH is 1. The highest BCUT2D eigenvalue weighted by Crippen LogP contribution is 2.33. The van der Waals surface area contributed by atoms with E-state index in [9.17, 15) is 0 Å². The first-order chi connectivity index (χ1) is 16.3. The summed E-state index contributed by atoms with van der Waals surface area (Å²) in [6.07, 6.45) is 5.32. The molecule has 2 N–H and O–H groups in total. The highest BCUT2D eigenvalue weighted by atomic mass is 32.2. The molecule has 4 rings (SSSR count). The van der Waals surface area contributed by atoms with Gasteiger partial charge in [0.2, 0.25) is 0 Å². The van der Waals surface area contributed by atoms with Gasteiger partial charge in [0, 0.05) is 55.5 Å². The molecule has 34 heavy (non-hydrogen) atoms. The fourth-order valence-corrected chi connectivity index (χ4v) is 5.18. The molecule has 184 valence electrons. The van der Waals surface area contributed by atoms with Crippen LogP contribution < -0.4 is 9.62 Å². The molecule has 0 amide bonds. The van der Waals surface area contributed by atoms with E-state index < -0.39 is 0 Å². The van der Waals surface area contributed by atoms with Gasteiger partial charge in [-0.15, -0.1) is 0 Å². The van der Waals surface area contributed by atoms with Gasteiger partial charge >= 0.3 is 0 Å². The minimum absolute atomic E-state index is 0.0292. The number of imidazole rings is 1. The van der Waals surface area contributed by atoms with Gasteiger partial charge in [-0.2, -0.15) is 0 Å². The van der Waals surface area contributed by atoms with E-state index in [-0.39, 0.29) is 12.0 Å². The Labute approximate surface area is 207 Å². The minimum Gasteiger partial charge on any atom is -0.395 e. The van der Waals surface area contributed by atoms with Crippen LogP contribution in [0.25, 0.3) is 11.0 Å². The molecule has 1 unspecified atom stereocenters. The molecule has 0 radical (unpaired) electrons. The molecule has 0 aliphatic carbocycles. The normalized spacial score (nSPS) is 17.0. The van der Waals surface area contributed by atoms with Crippen LogP contribution >= 0.6 is 11.9 Å². The van der Waals surface area contributed by atoms with E-state index in [1.807, 2.05) is 18.3 Å². The summed E-state index contributed by atoms with van der Waals surface area (Å²) in [6.45, 7) is 10.1. The summed E-state index contributed by atoms with van der Waals surface area (Å²) in [6, 6.07) is 10.6. The molecule has 1 saturated heterocycles. The molecule has 3 heterocycles. The maximum Gasteiger partial charge on any atom is 0.126 e. The largest absolute Gasteiger partial charge is 0.395 e. The smallest absolute Gasteiger partial charge is 0.126 e. The number of aliphatic hydroxyl groups is 1. The van der Waals surface area contributed by atoms with Crippen molar-refractivity contribution in [1.29, 1.82) is 0 Å². The van der Waals surface area contributed by atoms with Crippen molar-refractivity contribution < 1.29 is 9.84 Å². The third kappa shape index (κ3) is 6.03. The SMILES string of the molecule is CN(Sc1ccc(NCCO)nc1)c1ccc2c(c1)nc(C(C)(C)C)n2CC1CCCOCC1. The van der Waals surface area contributed by atoms with Gasteiger partial charge in [0.25, 0.3) is 0 Å². The van der Waals surface area contributed by atoms with Gasteiger partial charge in [0.1, 0.15) is 11.6 Å². The van der Waals surface area contributed by atoms with Crippen LogP contribution in [-0.2, 0) is 16.7 Å². The third-order valence-corrected chi connectivity index (χ3v) is 7.11. The average molecular weight is 484 g/mol. The number of aromatic nitrogens is 3. The molecule has 0 bridgehead atoms. The molecule has 1 fully saturated rings. The Morgan fingerprint density at radius 2 is 2.06 bits per heavy atom. The van der Waals surface area contributed by atoms with Gasteiger partial charge in [-0.05, 0) is 67.5 Å². The van der Waals surface area contributed by atoms with Gasteiger partial charge in [-0.1, -0.05) is 20.8 Å². The first-order valence-corrected chi connectivity index (χ1v) is 12.9. The summed E-state index contributed by atoms with van der Waals surface area (Å²) in [4.78, 5) is 10.6. The Morgan fingerprint density at radius 1 is 1.21 bits per heavy atom. The van der Waals surface area contributed by atoms with Crippen LogP contribution in [-0.4, -0.2) is 53.1 Å². The molecule has 1 aliphatic rings. The van der Waals surface area contributed by atoms with Crippen LogP contribution in [0.3, 0.4) is 0 Å². The number of pyridine rings is 1. The summed E-state index contributed by atoms with van der Waals surface area (Å²) < 4.78 is 10.3. The van der Waals surface area contributed by atoms with Crippen molar-refractivity contribution in [3.63, 3.8) is 0 Å². The summed E-state index contributed by atoms with van der Waals surface area (Å²) >= 11 is 1.63. The van der Waals surface area contributed by atoms with Crippen molar-refractivity contribution >= 4 is 34.5 Å². The number of hydrogen-bond acceptors (Lipinski definition) is 7. The number of rotatable bonds is 8. The molecule has 0 saturated carbocycles. The summed E-state index contributed by atoms with van der Waals surface area (Å²) in [5.74, 6) is 2.54. The highest BCUT2D eigenvalue weighted by molar-refractivity contribution is 8.00. The number of nitrogens with one attached hydrogen (secondary N) is 1. The van der Waals surface area contributed by atoms with Crippen LogP contribution in [0.1, 0.15) is 45.9 Å². The summed E-state index contributed by atoms with van der Waals surface area (Å²) in [7, 11) is 2.07. The zero-order valence-corrected chi connectivity index (χ0v) is 21.6. The van der Waals surface area contributed by atoms with Crippen LogP contribution in [0.2, 0.25) is 0 Å². The number of nitrogens with zero attached hydrogens (tertiary/aromatic N) is 4. The summed E-state index contributed by atoms with van der Waals surface area (Å²) in [5, 5.41) is 12.0. The maximum atomic E-state index is 8.95. The molecule has 1 atom stereocenters. The van der Waals surface area contributed by atoms with Crippen molar-refractivity contribution in [2.24, 2.45) is 5.92 Å². The first kappa shape index (κ1) is 24.8. The van der Waals surface area contributed by atoms with Crippen LogP contribution in [0.4, 0.5) is 11.5 Å². The average Bonchev–Trinajstić information content (AvgIpc) is 2.98. The molecular weight excluding hydrogens is 446 g/mol.